The van der Waals surface area contributed by atoms with Crippen LogP contribution in [-0.4, -0.2) is 4.57 Å². The van der Waals surface area contributed by atoms with Crippen LogP contribution in [0.15, 0.2) is 144 Å². The number of nitrogens with zero attached hydrogens (tertiary/aromatic N) is 1. The van der Waals surface area contributed by atoms with Gasteiger partial charge in [0.15, 0.2) is 0 Å². The fraction of sp³-hybridized carbons (Fsp3) is 0. The fourth-order valence-electron chi connectivity index (χ4n) is 7.65. The van der Waals surface area contributed by atoms with Crippen molar-refractivity contribution in [3.05, 3.63) is 140 Å². The lowest BCUT2D eigenvalue weighted by atomic mass is 9.98. The molecule has 46 heavy (non-hydrogen) atoms. The van der Waals surface area contributed by atoms with E-state index < -0.39 is 0 Å². The molecule has 4 aromatic heterocycles. The van der Waals surface area contributed by atoms with E-state index in [9.17, 15) is 0 Å². The third-order valence-electron chi connectivity index (χ3n) is 9.61. The summed E-state index contributed by atoms with van der Waals surface area (Å²) in [4.78, 5) is 0. The first-order valence-electron chi connectivity index (χ1n) is 15.5. The van der Waals surface area contributed by atoms with E-state index in [0.29, 0.717) is 0 Å². The molecule has 0 aliphatic rings. The van der Waals surface area contributed by atoms with Gasteiger partial charge < -0.3 is 8.98 Å². The minimum absolute atomic E-state index is 0.928. The average Bonchev–Trinajstić information content (AvgIpc) is 3.86. The molecule has 11 rings (SSSR count). The van der Waals surface area contributed by atoms with Gasteiger partial charge in [0.2, 0.25) is 0 Å². The first-order chi connectivity index (χ1) is 22.8. The molecule has 0 fully saturated rings. The number of rotatable bonds is 2. The first-order valence-corrected chi connectivity index (χ1v) is 17.1. The van der Waals surface area contributed by atoms with Crippen molar-refractivity contribution in [2.75, 3.05) is 0 Å². The third-order valence-corrected chi connectivity index (χ3v) is 12.0. The summed E-state index contributed by atoms with van der Waals surface area (Å²) in [5.41, 5.74) is 8.00. The molecule has 0 aliphatic carbocycles. The summed E-state index contributed by atoms with van der Waals surface area (Å²) in [6.07, 6.45) is 0. The van der Waals surface area contributed by atoms with E-state index in [0.717, 1.165) is 16.6 Å². The van der Waals surface area contributed by atoms with Gasteiger partial charge >= 0.3 is 0 Å². The number of aromatic nitrogens is 1. The molecular formula is C42H23NOS2. The zero-order valence-corrected chi connectivity index (χ0v) is 26.1. The number of hydrogen-bond acceptors (Lipinski definition) is 3. The highest BCUT2D eigenvalue weighted by Crippen LogP contribution is 2.46. The van der Waals surface area contributed by atoms with Crippen LogP contribution in [0.2, 0.25) is 0 Å². The molecule has 0 atom stereocenters. The SMILES string of the molecule is c1ccc2c(c1)oc1cccc(-c3cccc4c3sc3ccc(-n5c6ccccc6c6c7sc8ccccc8c7ccc65)cc34)c12. The molecule has 2 nitrogen and oxygen atoms in total. The standard InChI is InChI=1S/C42H23NOS2/c1-4-15-33-30(10-1)40-34(21-20-29-25-9-3-6-18-37(25)46-42(29)40)43(33)24-19-22-38-32(23-24)28-14-7-13-27(41(28)45-38)26-12-8-17-36-39(26)31-11-2-5-16-35(31)44-36/h1-23H. The van der Waals surface area contributed by atoms with Crippen molar-refractivity contribution >= 4 is 107 Å². The molecule has 0 unspecified atom stereocenters. The quantitative estimate of drug-likeness (QED) is 0.188. The van der Waals surface area contributed by atoms with Crippen molar-refractivity contribution in [2.45, 2.75) is 0 Å². The Hall–Kier alpha value is -5.42. The van der Waals surface area contributed by atoms with Crippen molar-refractivity contribution in [3.8, 4) is 16.8 Å². The third kappa shape index (κ3) is 3.24. The van der Waals surface area contributed by atoms with Gasteiger partial charge in [0, 0.05) is 73.1 Å². The summed E-state index contributed by atoms with van der Waals surface area (Å²) >= 11 is 3.78. The first kappa shape index (κ1) is 24.8. The zero-order chi connectivity index (χ0) is 29.9. The maximum atomic E-state index is 6.26. The maximum absolute atomic E-state index is 6.26. The van der Waals surface area contributed by atoms with Crippen molar-refractivity contribution in [1.82, 2.24) is 4.57 Å². The van der Waals surface area contributed by atoms with Crippen LogP contribution < -0.4 is 0 Å². The molecule has 0 saturated heterocycles. The highest BCUT2D eigenvalue weighted by molar-refractivity contribution is 7.27. The molecule has 0 radical (unpaired) electrons. The van der Waals surface area contributed by atoms with E-state index in [2.05, 4.69) is 138 Å². The maximum Gasteiger partial charge on any atom is 0.136 e. The molecule has 0 N–H and O–H groups in total. The number of furan rings is 1. The van der Waals surface area contributed by atoms with Gasteiger partial charge in [0.05, 0.1) is 11.0 Å². The van der Waals surface area contributed by atoms with E-state index >= 15 is 0 Å². The average molecular weight is 622 g/mol. The molecule has 7 aromatic carbocycles. The summed E-state index contributed by atoms with van der Waals surface area (Å²) in [6.45, 7) is 0. The van der Waals surface area contributed by atoms with Crippen LogP contribution in [0.5, 0.6) is 0 Å². The van der Waals surface area contributed by atoms with E-state index in [1.165, 1.54) is 84.4 Å². The molecule has 11 aromatic rings. The second-order valence-corrected chi connectivity index (χ2v) is 14.1. The minimum Gasteiger partial charge on any atom is -0.456 e. The monoisotopic (exact) mass is 621 g/mol. The van der Waals surface area contributed by atoms with Crippen LogP contribution >= 0.6 is 22.7 Å². The summed E-state index contributed by atoms with van der Waals surface area (Å²) in [6, 6.07) is 50.8. The Morgan fingerprint density at radius 2 is 1.11 bits per heavy atom. The molecule has 0 amide bonds. The number of hydrogen-bond donors (Lipinski definition) is 0. The fourth-order valence-corrected chi connectivity index (χ4v) is 10.1. The smallest absolute Gasteiger partial charge is 0.136 e. The Labute approximate surface area is 270 Å². The van der Waals surface area contributed by atoms with E-state index in [1.54, 1.807) is 0 Å². The number of fused-ring (bicyclic) bond motifs is 13. The van der Waals surface area contributed by atoms with E-state index in [-0.39, 0.29) is 0 Å². The van der Waals surface area contributed by atoms with Gasteiger partial charge in [-0.2, -0.15) is 0 Å². The van der Waals surface area contributed by atoms with Crippen LogP contribution in [0.3, 0.4) is 0 Å². The van der Waals surface area contributed by atoms with Crippen molar-refractivity contribution in [1.29, 1.82) is 0 Å². The zero-order valence-electron chi connectivity index (χ0n) is 24.5. The van der Waals surface area contributed by atoms with Gasteiger partial charge in [-0.05, 0) is 54.1 Å². The molecule has 214 valence electrons. The van der Waals surface area contributed by atoms with Crippen LogP contribution in [0, 0.1) is 0 Å². The summed E-state index contributed by atoms with van der Waals surface area (Å²) in [5.74, 6) is 0. The number of thiophene rings is 2. The lowest BCUT2D eigenvalue weighted by Gasteiger charge is -2.09. The van der Waals surface area contributed by atoms with Gasteiger partial charge in [0.25, 0.3) is 0 Å². The van der Waals surface area contributed by atoms with E-state index in [4.69, 9.17) is 4.42 Å². The molecule has 0 aliphatic heterocycles. The van der Waals surface area contributed by atoms with Crippen LogP contribution in [0.1, 0.15) is 0 Å². The van der Waals surface area contributed by atoms with Crippen molar-refractivity contribution in [3.63, 3.8) is 0 Å². The topological polar surface area (TPSA) is 18.1 Å². The van der Waals surface area contributed by atoms with E-state index in [1.807, 2.05) is 28.7 Å². The van der Waals surface area contributed by atoms with Crippen LogP contribution in [-0.2, 0) is 0 Å². The Morgan fingerprint density at radius 1 is 0.413 bits per heavy atom. The summed E-state index contributed by atoms with van der Waals surface area (Å²) in [7, 11) is 0. The Bertz CT molecular complexity index is 3040. The van der Waals surface area contributed by atoms with Gasteiger partial charge in [-0.1, -0.05) is 91.0 Å². The Balaban J connectivity index is 1.18. The van der Waals surface area contributed by atoms with Crippen LogP contribution in [0.25, 0.3) is 101 Å². The second-order valence-electron chi connectivity index (χ2n) is 12.0. The van der Waals surface area contributed by atoms with Crippen molar-refractivity contribution < 1.29 is 4.42 Å². The highest BCUT2D eigenvalue weighted by atomic mass is 32.1. The van der Waals surface area contributed by atoms with Crippen molar-refractivity contribution in [2.24, 2.45) is 0 Å². The predicted molar refractivity (Wildman–Crippen MR) is 199 cm³/mol. The number of para-hydroxylation sites is 2. The van der Waals surface area contributed by atoms with Crippen LogP contribution in [0.4, 0.5) is 0 Å². The lowest BCUT2D eigenvalue weighted by Crippen LogP contribution is -1.93. The molecule has 0 spiro atoms. The molecule has 0 bridgehead atoms. The normalized spacial score (nSPS) is 12.3. The van der Waals surface area contributed by atoms with Gasteiger partial charge in [-0.3, -0.25) is 0 Å². The molecule has 4 heterocycles. The lowest BCUT2D eigenvalue weighted by molar-refractivity contribution is 0.669. The largest absolute Gasteiger partial charge is 0.456 e. The Morgan fingerprint density at radius 3 is 2.07 bits per heavy atom. The highest BCUT2D eigenvalue weighted by Gasteiger charge is 2.19. The van der Waals surface area contributed by atoms with Gasteiger partial charge in [0.1, 0.15) is 11.2 Å². The summed E-state index contributed by atoms with van der Waals surface area (Å²) in [5, 5.41) is 10.2. The molecule has 0 saturated carbocycles. The second kappa shape index (κ2) is 9.07. The number of benzene rings is 7. The minimum atomic E-state index is 0.928. The molecule has 4 heteroatoms. The molecular weight excluding hydrogens is 599 g/mol. The predicted octanol–water partition coefficient (Wildman–Crippen LogP) is 13.1. The van der Waals surface area contributed by atoms with Gasteiger partial charge in [-0.15, -0.1) is 22.7 Å². The van der Waals surface area contributed by atoms with Gasteiger partial charge in [-0.25, -0.2) is 0 Å². The Kier molecular flexibility index (Phi) is 4.90. The summed E-state index contributed by atoms with van der Waals surface area (Å²) < 4.78 is 14.0.